The number of thioether (sulfide) groups is 1. The van der Waals surface area contributed by atoms with Crippen LogP contribution >= 0.6 is 11.8 Å². The molecular weight excluding hydrogens is 300 g/mol. The van der Waals surface area contributed by atoms with E-state index in [2.05, 4.69) is 47.5 Å². The molecule has 0 bridgehead atoms. The van der Waals surface area contributed by atoms with Crippen molar-refractivity contribution in [1.82, 2.24) is 5.32 Å². The van der Waals surface area contributed by atoms with Crippen molar-refractivity contribution in [3.05, 3.63) is 65.9 Å². The average molecular weight is 319 g/mol. The molecule has 0 amide bonds. The molecule has 0 aliphatic carbocycles. The minimum atomic E-state index is -0.251. The van der Waals surface area contributed by atoms with E-state index in [1.165, 1.54) is 10.5 Å². The number of benzene rings is 2. The Kier molecular flexibility index (Phi) is 8.18. The van der Waals surface area contributed by atoms with Gasteiger partial charge in [0.2, 0.25) is 0 Å². The molecule has 1 heterocycles. The van der Waals surface area contributed by atoms with E-state index in [1.54, 1.807) is 11.8 Å². The van der Waals surface area contributed by atoms with Gasteiger partial charge < -0.3 is 14.6 Å². The van der Waals surface area contributed by atoms with Crippen molar-refractivity contribution >= 4 is 24.3 Å². The third kappa shape index (κ3) is 5.97. The van der Waals surface area contributed by atoms with Crippen molar-refractivity contribution in [2.24, 2.45) is 0 Å². The molecule has 1 saturated heterocycles. The molecule has 6 heteroatoms. The van der Waals surface area contributed by atoms with Crippen LogP contribution in [0, 0.1) is 5.75 Å². The number of rotatable bonds is 4. The summed E-state index contributed by atoms with van der Waals surface area (Å²) in [6, 6.07) is 18.7. The third-order valence-corrected chi connectivity index (χ3v) is 4.31. The van der Waals surface area contributed by atoms with Gasteiger partial charge in [0.05, 0.1) is 0 Å². The SMILES string of the molecule is [Li+].c1ccc([CH-]Sc2ccc(B3OCCNCCO3)cc2)cc1. The van der Waals surface area contributed by atoms with E-state index in [-0.39, 0.29) is 26.0 Å². The normalized spacial score (nSPS) is 15.2. The Morgan fingerprint density at radius 2 is 1.57 bits per heavy atom. The zero-order valence-corrected chi connectivity index (χ0v) is 14.2. The monoisotopic (exact) mass is 319 g/mol. The Morgan fingerprint density at radius 3 is 2.22 bits per heavy atom. The molecule has 0 atom stereocenters. The molecule has 1 fully saturated rings. The summed E-state index contributed by atoms with van der Waals surface area (Å²) in [4.78, 5) is 1.21. The molecule has 1 aliphatic heterocycles. The molecule has 0 radical (unpaired) electrons. The number of hydrogen-bond donors (Lipinski definition) is 1. The van der Waals surface area contributed by atoms with E-state index in [0.29, 0.717) is 13.2 Å². The van der Waals surface area contributed by atoms with Crippen LogP contribution in [0.25, 0.3) is 0 Å². The predicted octanol–water partition coefficient (Wildman–Crippen LogP) is -0.676. The second-order valence-electron chi connectivity index (χ2n) is 5.04. The van der Waals surface area contributed by atoms with Crippen LogP contribution in [0.2, 0.25) is 0 Å². The predicted molar refractivity (Wildman–Crippen MR) is 92.3 cm³/mol. The maximum absolute atomic E-state index is 5.74. The van der Waals surface area contributed by atoms with Gasteiger partial charge in [0.1, 0.15) is 0 Å². The average Bonchev–Trinajstić information content (AvgIpc) is 2.54. The first-order valence-electron chi connectivity index (χ1n) is 7.51. The van der Waals surface area contributed by atoms with Gasteiger partial charge in [-0.15, -0.1) is 17.9 Å². The summed E-state index contributed by atoms with van der Waals surface area (Å²) < 4.78 is 11.5. The fourth-order valence-corrected chi connectivity index (χ4v) is 2.94. The van der Waals surface area contributed by atoms with Crippen LogP contribution in [0.15, 0.2) is 59.5 Å². The Hall–Kier alpha value is -0.798. The van der Waals surface area contributed by atoms with E-state index in [1.807, 2.05) is 18.2 Å². The Morgan fingerprint density at radius 1 is 0.913 bits per heavy atom. The second kappa shape index (κ2) is 10.1. The number of hydrogen-bond acceptors (Lipinski definition) is 4. The summed E-state index contributed by atoms with van der Waals surface area (Å²) >= 11 is 1.72. The van der Waals surface area contributed by atoms with E-state index in [0.717, 1.165) is 18.6 Å². The van der Waals surface area contributed by atoms with Crippen LogP contribution < -0.4 is 29.6 Å². The second-order valence-corrected chi connectivity index (χ2v) is 5.98. The van der Waals surface area contributed by atoms with Crippen molar-refractivity contribution in [3.63, 3.8) is 0 Å². The minimum Gasteiger partial charge on any atom is -0.406 e. The Balaban J connectivity index is 0.00000192. The zero-order chi connectivity index (χ0) is 15.0. The molecule has 3 nitrogen and oxygen atoms in total. The van der Waals surface area contributed by atoms with Crippen molar-refractivity contribution in [2.75, 3.05) is 26.3 Å². The van der Waals surface area contributed by atoms with Gasteiger partial charge in [-0.1, -0.05) is 18.2 Å². The van der Waals surface area contributed by atoms with Crippen molar-refractivity contribution < 1.29 is 28.2 Å². The maximum atomic E-state index is 5.74. The summed E-state index contributed by atoms with van der Waals surface area (Å²) in [7, 11) is -0.251. The first kappa shape index (κ1) is 18.5. The first-order valence-corrected chi connectivity index (χ1v) is 8.38. The van der Waals surface area contributed by atoms with Crippen LogP contribution in [-0.4, -0.2) is 33.4 Å². The molecule has 114 valence electrons. The van der Waals surface area contributed by atoms with Gasteiger partial charge in [-0.2, -0.15) is 29.5 Å². The van der Waals surface area contributed by atoms with Crippen LogP contribution in [0.3, 0.4) is 0 Å². The minimum absolute atomic E-state index is 0. The summed E-state index contributed by atoms with van der Waals surface area (Å²) in [6.45, 7) is 3.09. The van der Waals surface area contributed by atoms with E-state index < -0.39 is 0 Å². The smallest absolute Gasteiger partial charge is 0.406 e. The number of nitrogens with one attached hydrogen (secondary N) is 1. The zero-order valence-electron chi connectivity index (χ0n) is 13.4. The largest absolute Gasteiger partial charge is 1.00 e. The van der Waals surface area contributed by atoms with Gasteiger partial charge >= 0.3 is 26.0 Å². The molecule has 0 spiro atoms. The molecular formula is C17H19BLiNO2S. The van der Waals surface area contributed by atoms with Gasteiger partial charge in [0.15, 0.2) is 0 Å². The quantitative estimate of drug-likeness (QED) is 0.460. The summed E-state index contributed by atoms with van der Waals surface area (Å²) in [5.74, 6) is 2.16. The van der Waals surface area contributed by atoms with Gasteiger partial charge in [-0.3, -0.25) is 0 Å². The molecule has 1 aliphatic rings. The van der Waals surface area contributed by atoms with Gasteiger partial charge in [-0.25, -0.2) is 0 Å². The molecule has 0 aromatic heterocycles. The fourth-order valence-electron chi connectivity index (χ4n) is 2.21. The van der Waals surface area contributed by atoms with E-state index >= 15 is 0 Å². The fraction of sp³-hybridized carbons (Fsp3) is 0.235. The van der Waals surface area contributed by atoms with Gasteiger partial charge in [-0.05, 0) is 22.5 Å². The van der Waals surface area contributed by atoms with Crippen molar-refractivity contribution in [2.45, 2.75) is 4.90 Å². The van der Waals surface area contributed by atoms with Crippen LogP contribution in [0.5, 0.6) is 0 Å². The van der Waals surface area contributed by atoms with Gasteiger partial charge in [0.25, 0.3) is 0 Å². The summed E-state index contributed by atoms with van der Waals surface area (Å²) in [5.41, 5.74) is 2.29. The Labute approximate surface area is 154 Å². The molecule has 0 unspecified atom stereocenters. The molecule has 23 heavy (non-hydrogen) atoms. The summed E-state index contributed by atoms with van der Waals surface area (Å²) in [5, 5.41) is 3.24. The third-order valence-electron chi connectivity index (χ3n) is 3.38. The molecule has 1 N–H and O–H groups in total. The molecule has 2 aromatic rings. The van der Waals surface area contributed by atoms with E-state index in [4.69, 9.17) is 9.31 Å². The van der Waals surface area contributed by atoms with Crippen LogP contribution in [0.1, 0.15) is 5.56 Å². The van der Waals surface area contributed by atoms with Crippen LogP contribution in [-0.2, 0) is 9.31 Å². The van der Waals surface area contributed by atoms with Gasteiger partial charge in [0, 0.05) is 26.3 Å². The maximum Gasteiger partial charge on any atom is 1.00 e. The first-order chi connectivity index (χ1) is 10.9. The topological polar surface area (TPSA) is 30.5 Å². The molecule has 2 aromatic carbocycles. The molecule has 3 rings (SSSR count). The van der Waals surface area contributed by atoms with E-state index in [9.17, 15) is 0 Å². The van der Waals surface area contributed by atoms with Crippen molar-refractivity contribution in [1.29, 1.82) is 0 Å². The standard InChI is InChI=1S/C17H19BNO2S.Li/c1-2-4-15(5-3-1)14-22-17-8-6-16(7-9-17)18-20-12-10-19-11-13-21-18;/h1-9,14,19H,10-13H2;/q-1;+1. The Bertz CT molecular complexity index is 563. The van der Waals surface area contributed by atoms with Crippen molar-refractivity contribution in [3.8, 4) is 0 Å². The van der Waals surface area contributed by atoms with Crippen LogP contribution in [0.4, 0.5) is 0 Å². The summed E-state index contributed by atoms with van der Waals surface area (Å²) in [6.07, 6.45) is 0. The molecule has 0 saturated carbocycles.